The Balaban J connectivity index is 0.000000507. The summed E-state index contributed by atoms with van der Waals surface area (Å²) in [6.07, 6.45) is 5.44. The van der Waals surface area contributed by atoms with E-state index in [1.165, 1.54) is 5.56 Å². The number of nitrogens with zero attached hydrogens (tertiary/aromatic N) is 2. The first-order valence-corrected chi connectivity index (χ1v) is 14.0. The van der Waals surface area contributed by atoms with Gasteiger partial charge in [0.15, 0.2) is 0 Å². The highest BCUT2D eigenvalue weighted by Crippen LogP contribution is 2.28. The molecule has 41 heavy (non-hydrogen) atoms. The molecule has 3 aromatic carbocycles. The molecule has 0 aromatic heterocycles. The van der Waals surface area contributed by atoms with Gasteiger partial charge >= 0.3 is 11.9 Å². The standard InChI is InChI=1S/C28H30Cl2N2O.C4H4O4/c29-26-12-8-24(9-13-26)28(25-10-14-27(30)15-11-25)33-22-21-32-19-17-31(18-20-32)16-4-7-23-5-2-1-3-6-23;5-3(6)1-2-4(7)8/h1-15,28H,16-22H2;1-2H,(H,5,6)(H,7,8)/b7-4+;2-1-. The van der Waals surface area contributed by atoms with Crippen molar-refractivity contribution in [3.8, 4) is 0 Å². The second-order valence-electron chi connectivity index (χ2n) is 9.32. The zero-order chi connectivity index (χ0) is 29.5. The van der Waals surface area contributed by atoms with Crippen molar-refractivity contribution < 1.29 is 24.5 Å². The molecule has 1 aliphatic rings. The molecule has 0 atom stereocenters. The fourth-order valence-electron chi connectivity index (χ4n) is 4.20. The van der Waals surface area contributed by atoms with Crippen molar-refractivity contribution in [2.45, 2.75) is 6.10 Å². The number of ether oxygens (including phenoxy) is 1. The van der Waals surface area contributed by atoms with E-state index in [1.807, 2.05) is 54.6 Å². The monoisotopic (exact) mass is 596 g/mol. The lowest BCUT2D eigenvalue weighted by Gasteiger charge is -2.34. The first-order valence-electron chi connectivity index (χ1n) is 13.2. The van der Waals surface area contributed by atoms with Crippen molar-refractivity contribution in [2.75, 3.05) is 45.9 Å². The molecule has 0 aliphatic carbocycles. The zero-order valence-corrected chi connectivity index (χ0v) is 24.1. The predicted molar refractivity (Wildman–Crippen MR) is 163 cm³/mol. The minimum absolute atomic E-state index is 0.135. The Morgan fingerprint density at radius 1 is 0.756 bits per heavy atom. The van der Waals surface area contributed by atoms with Crippen molar-refractivity contribution in [3.05, 3.63) is 124 Å². The van der Waals surface area contributed by atoms with E-state index in [0.29, 0.717) is 18.8 Å². The lowest BCUT2D eigenvalue weighted by molar-refractivity contribution is -0.134. The second kappa shape index (κ2) is 17.4. The molecular weight excluding hydrogens is 563 g/mol. The van der Waals surface area contributed by atoms with Gasteiger partial charge in [-0.2, -0.15) is 0 Å². The molecule has 0 radical (unpaired) electrons. The van der Waals surface area contributed by atoms with E-state index in [1.54, 1.807) is 0 Å². The van der Waals surface area contributed by atoms with Crippen molar-refractivity contribution in [1.82, 2.24) is 9.80 Å². The summed E-state index contributed by atoms with van der Waals surface area (Å²) >= 11 is 12.2. The van der Waals surface area contributed by atoms with Gasteiger partial charge in [0.1, 0.15) is 6.10 Å². The van der Waals surface area contributed by atoms with Crippen LogP contribution in [0.25, 0.3) is 6.08 Å². The van der Waals surface area contributed by atoms with E-state index >= 15 is 0 Å². The third-order valence-electron chi connectivity index (χ3n) is 6.34. The lowest BCUT2D eigenvalue weighted by Crippen LogP contribution is -2.47. The highest BCUT2D eigenvalue weighted by molar-refractivity contribution is 6.30. The number of carboxylic acids is 2. The summed E-state index contributed by atoms with van der Waals surface area (Å²) in [7, 11) is 0. The van der Waals surface area contributed by atoms with Gasteiger partial charge in [-0.3, -0.25) is 9.80 Å². The predicted octanol–water partition coefficient (Wildman–Crippen LogP) is 6.14. The normalized spacial score (nSPS) is 14.3. The van der Waals surface area contributed by atoms with Crippen LogP contribution in [0.3, 0.4) is 0 Å². The molecule has 9 heteroatoms. The van der Waals surface area contributed by atoms with E-state index in [-0.39, 0.29) is 6.10 Å². The molecule has 2 N–H and O–H groups in total. The van der Waals surface area contributed by atoms with Crippen LogP contribution in [0.15, 0.2) is 97.1 Å². The average Bonchev–Trinajstić information content (AvgIpc) is 2.97. The molecule has 1 saturated heterocycles. The van der Waals surface area contributed by atoms with Gasteiger partial charge in [0.25, 0.3) is 0 Å². The molecule has 0 saturated carbocycles. The Kier molecular flexibility index (Phi) is 13.6. The lowest BCUT2D eigenvalue weighted by atomic mass is 10.0. The number of benzene rings is 3. The van der Waals surface area contributed by atoms with E-state index in [4.69, 9.17) is 38.2 Å². The van der Waals surface area contributed by atoms with Crippen LogP contribution in [0.5, 0.6) is 0 Å². The first-order chi connectivity index (χ1) is 19.8. The van der Waals surface area contributed by atoms with Crippen LogP contribution in [0.1, 0.15) is 22.8 Å². The van der Waals surface area contributed by atoms with Gasteiger partial charge in [-0.05, 0) is 41.0 Å². The van der Waals surface area contributed by atoms with Crippen molar-refractivity contribution in [3.63, 3.8) is 0 Å². The van der Waals surface area contributed by atoms with Crippen LogP contribution in [-0.4, -0.2) is 77.8 Å². The van der Waals surface area contributed by atoms with Gasteiger partial charge in [-0.25, -0.2) is 9.59 Å². The minimum Gasteiger partial charge on any atom is -0.478 e. The van der Waals surface area contributed by atoms with Crippen LogP contribution in [0.4, 0.5) is 0 Å². The molecule has 7 nitrogen and oxygen atoms in total. The molecule has 0 amide bonds. The largest absolute Gasteiger partial charge is 0.478 e. The number of carbonyl (C=O) groups is 2. The van der Waals surface area contributed by atoms with Gasteiger partial charge in [0.2, 0.25) is 0 Å². The van der Waals surface area contributed by atoms with Crippen LogP contribution in [0, 0.1) is 0 Å². The summed E-state index contributed by atoms with van der Waals surface area (Å²) < 4.78 is 6.38. The molecule has 0 bridgehead atoms. The van der Waals surface area contributed by atoms with Crippen LogP contribution >= 0.6 is 23.2 Å². The SMILES string of the molecule is Clc1ccc(C(OCCN2CCN(C/C=C/c3ccccc3)CC2)c2ccc(Cl)cc2)cc1.O=C(O)/C=C\C(=O)O. The Morgan fingerprint density at radius 3 is 1.73 bits per heavy atom. The van der Waals surface area contributed by atoms with Crippen molar-refractivity contribution >= 4 is 41.2 Å². The van der Waals surface area contributed by atoms with Gasteiger partial charge in [-0.1, -0.05) is 90.0 Å². The number of carboxylic acid groups (broad SMARTS) is 2. The summed E-state index contributed by atoms with van der Waals surface area (Å²) in [6, 6.07) is 26.2. The summed E-state index contributed by atoms with van der Waals surface area (Å²) in [5.41, 5.74) is 3.44. The van der Waals surface area contributed by atoms with Crippen molar-refractivity contribution in [2.24, 2.45) is 0 Å². The second-order valence-corrected chi connectivity index (χ2v) is 10.2. The molecule has 1 aliphatic heterocycles. The molecule has 3 aromatic rings. The number of piperazine rings is 1. The minimum atomic E-state index is -1.26. The maximum absolute atomic E-state index is 9.55. The van der Waals surface area contributed by atoms with Gasteiger partial charge < -0.3 is 14.9 Å². The number of rotatable bonds is 11. The maximum Gasteiger partial charge on any atom is 0.328 e. The van der Waals surface area contributed by atoms with Gasteiger partial charge in [-0.15, -0.1) is 0 Å². The molecule has 4 rings (SSSR count). The molecule has 0 unspecified atom stereocenters. The average molecular weight is 598 g/mol. The summed E-state index contributed by atoms with van der Waals surface area (Å²) in [5, 5.41) is 17.1. The highest BCUT2D eigenvalue weighted by atomic mass is 35.5. The van der Waals surface area contributed by atoms with E-state index in [0.717, 1.165) is 60.4 Å². The summed E-state index contributed by atoms with van der Waals surface area (Å²) in [6.45, 7) is 6.88. The fourth-order valence-corrected chi connectivity index (χ4v) is 4.45. The Labute approximate surface area is 250 Å². The highest BCUT2D eigenvalue weighted by Gasteiger charge is 2.18. The molecule has 1 heterocycles. The Morgan fingerprint density at radius 2 is 1.24 bits per heavy atom. The smallest absolute Gasteiger partial charge is 0.328 e. The molecule has 216 valence electrons. The van der Waals surface area contributed by atoms with E-state index in [9.17, 15) is 9.59 Å². The zero-order valence-electron chi connectivity index (χ0n) is 22.6. The van der Waals surface area contributed by atoms with Gasteiger partial charge in [0, 0.05) is 61.5 Å². The van der Waals surface area contributed by atoms with Crippen LogP contribution in [-0.2, 0) is 14.3 Å². The van der Waals surface area contributed by atoms with E-state index in [2.05, 4.69) is 46.2 Å². The first kappa shape index (κ1) is 32.1. The third kappa shape index (κ3) is 12.3. The summed E-state index contributed by atoms with van der Waals surface area (Å²) in [5.74, 6) is -2.51. The quantitative estimate of drug-likeness (QED) is 0.257. The van der Waals surface area contributed by atoms with Crippen LogP contribution < -0.4 is 0 Å². The summed E-state index contributed by atoms with van der Waals surface area (Å²) in [4.78, 5) is 24.1. The topological polar surface area (TPSA) is 90.3 Å². The molecule has 0 spiro atoms. The number of hydrogen-bond acceptors (Lipinski definition) is 5. The number of hydrogen-bond donors (Lipinski definition) is 2. The maximum atomic E-state index is 9.55. The van der Waals surface area contributed by atoms with E-state index < -0.39 is 11.9 Å². The Bertz CT molecular complexity index is 1210. The Hall–Kier alpha value is -3.46. The number of aliphatic carboxylic acids is 2. The molecular formula is C32H34Cl2N2O5. The van der Waals surface area contributed by atoms with Crippen LogP contribution in [0.2, 0.25) is 10.0 Å². The van der Waals surface area contributed by atoms with Crippen molar-refractivity contribution in [1.29, 1.82) is 0 Å². The fraction of sp³-hybridized carbons (Fsp3) is 0.250. The van der Waals surface area contributed by atoms with Gasteiger partial charge in [0.05, 0.1) is 6.61 Å². The molecule has 1 fully saturated rings. The number of halogens is 2. The third-order valence-corrected chi connectivity index (χ3v) is 6.85.